The van der Waals surface area contributed by atoms with Crippen LogP contribution in [-0.4, -0.2) is 94.9 Å². The van der Waals surface area contributed by atoms with Crippen molar-refractivity contribution in [3.05, 3.63) is 51.8 Å². The average Bonchev–Trinajstić information content (AvgIpc) is 3.60. The van der Waals surface area contributed by atoms with Crippen LogP contribution in [-0.2, 0) is 24.2 Å². The van der Waals surface area contributed by atoms with Crippen LogP contribution in [0.1, 0.15) is 51.8 Å². The van der Waals surface area contributed by atoms with Gasteiger partial charge in [-0.25, -0.2) is 14.8 Å². The number of thiophene rings is 1. The third kappa shape index (κ3) is 7.38. The number of piperazine rings is 1. The van der Waals surface area contributed by atoms with Crippen molar-refractivity contribution < 1.29 is 22.7 Å². The molecule has 0 aliphatic carbocycles. The van der Waals surface area contributed by atoms with Crippen molar-refractivity contribution in [1.82, 2.24) is 29.7 Å². The van der Waals surface area contributed by atoms with Gasteiger partial charge in [-0.05, 0) is 49.9 Å². The highest BCUT2D eigenvalue weighted by Crippen LogP contribution is 2.38. The van der Waals surface area contributed by atoms with Gasteiger partial charge in [-0.3, -0.25) is 9.80 Å². The lowest BCUT2D eigenvalue weighted by molar-refractivity contribution is -0.126. The molecule has 2 N–H and O–H groups in total. The Hall–Kier alpha value is -3.77. The molecule has 4 aromatic rings. The molecule has 10 nitrogen and oxygen atoms in total. The van der Waals surface area contributed by atoms with Crippen LogP contribution in [0.4, 0.5) is 19.0 Å². The predicted molar refractivity (Wildman–Crippen MR) is 176 cm³/mol. The number of ether oxygens (including phenoxy) is 1. The number of rotatable bonds is 10. The third-order valence-corrected chi connectivity index (χ3v) is 10.3. The molecule has 1 aromatic carbocycles. The molecule has 0 bridgehead atoms. The van der Waals surface area contributed by atoms with Gasteiger partial charge in [-0.1, -0.05) is 6.07 Å². The Morgan fingerprint density at radius 2 is 1.91 bits per heavy atom. The summed E-state index contributed by atoms with van der Waals surface area (Å²) in [6, 6.07) is 8.75. The fraction of sp³-hybridized carbons (Fsp3) is 0.515. The van der Waals surface area contributed by atoms with Crippen LogP contribution in [0.2, 0.25) is 0 Å². The van der Waals surface area contributed by atoms with Crippen molar-refractivity contribution in [3.8, 4) is 6.07 Å². The summed E-state index contributed by atoms with van der Waals surface area (Å²) in [6.45, 7) is 11.9. The fourth-order valence-electron chi connectivity index (χ4n) is 6.69. The lowest BCUT2D eigenvalue weighted by atomic mass is 10.0. The second kappa shape index (κ2) is 14.1. The summed E-state index contributed by atoms with van der Waals surface area (Å²) in [6.07, 6.45) is -2.81. The first-order chi connectivity index (χ1) is 22.6. The zero-order valence-electron chi connectivity index (χ0n) is 26.6. The van der Waals surface area contributed by atoms with Gasteiger partial charge in [-0.15, -0.1) is 11.3 Å². The van der Waals surface area contributed by atoms with Crippen LogP contribution in [0.25, 0.3) is 21.1 Å². The van der Waals surface area contributed by atoms with E-state index in [0.717, 1.165) is 94.0 Å². The molecule has 2 aliphatic heterocycles. The van der Waals surface area contributed by atoms with E-state index in [9.17, 15) is 23.2 Å². The van der Waals surface area contributed by atoms with Crippen molar-refractivity contribution >= 4 is 44.2 Å². The third-order valence-electron chi connectivity index (χ3n) is 9.15. The standard InChI is InChI=1S/C33H39F3N8O2S/c1-3-46-32(45)28-27(17-33(34,35)36)47-31-29(28)30(39-20-40-31)41-23-6-10-43(11-7-23)19-22-4-5-26-25(21(22)2)16-24(18-37)44(26)15-14-42-12-8-38-9-13-42/h4-5,16,20,23,38H,3,6-15,17,19H2,1-2H3,(H,39,40,41). The molecular weight excluding hydrogens is 629 g/mol. The Kier molecular flexibility index (Phi) is 9.98. The van der Waals surface area contributed by atoms with Crippen molar-refractivity contribution in [2.45, 2.75) is 58.4 Å². The minimum atomic E-state index is -4.48. The van der Waals surface area contributed by atoms with Gasteiger partial charge in [0, 0.05) is 80.7 Å². The zero-order valence-corrected chi connectivity index (χ0v) is 27.4. The van der Waals surface area contributed by atoms with Gasteiger partial charge >= 0.3 is 12.1 Å². The number of nitrogens with one attached hydrogen (secondary N) is 2. The number of carbonyl (C=O) groups excluding carboxylic acids is 1. The highest BCUT2D eigenvalue weighted by Gasteiger charge is 2.34. The van der Waals surface area contributed by atoms with Crippen LogP contribution in [0, 0.1) is 18.3 Å². The molecule has 0 spiro atoms. The summed E-state index contributed by atoms with van der Waals surface area (Å²) >= 11 is 0.854. The fourth-order valence-corrected chi connectivity index (χ4v) is 7.84. The van der Waals surface area contributed by atoms with Crippen LogP contribution >= 0.6 is 11.3 Å². The highest BCUT2D eigenvalue weighted by atomic mass is 32.1. The lowest BCUT2D eigenvalue weighted by Gasteiger charge is -2.33. The van der Waals surface area contributed by atoms with Crippen LogP contribution in [0.5, 0.6) is 0 Å². The van der Waals surface area contributed by atoms with Gasteiger partial charge in [0.15, 0.2) is 0 Å². The first kappa shape index (κ1) is 33.1. The SMILES string of the molecule is CCOC(=O)c1c(CC(F)(F)F)sc2ncnc(NC3CCN(Cc4ccc5c(cc(C#N)n5CCN5CCNCC5)c4C)CC3)c12. The second-order valence-corrected chi connectivity index (χ2v) is 13.3. The number of piperidine rings is 1. The smallest absolute Gasteiger partial charge is 0.393 e. The van der Waals surface area contributed by atoms with Gasteiger partial charge in [0.05, 0.1) is 24.0 Å². The molecule has 0 unspecified atom stereocenters. The van der Waals surface area contributed by atoms with Crippen molar-refractivity contribution in [3.63, 3.8) is 0 Å². The number of esters is 1. The molecule has 0 radical (unpaired) electrons. The van der Waals surface area contributed by atoms with E-state index in [1.807, 2.05) is 6.07 Å². The number of fused-ring (bicyclic) bond motifs is 2. The largest absolute Gasteiger partial charge is 0.462 e. The molecule has 0 saturated carbocycles. The molecule has 5 heterocycles. The van der Waals surface area contributed by atoms with Crippen LogP contribution in [0.3, 0.4) is 0 Å². The molecular formula is C33H39F3N8O2S. The molecule has 0 amide bonds. The number of nitrogens with zero attached hydrogens (tertiary/aromatic N) is 6. The number of hydrogen-bond donors (Lipinski definition) is 2. The molecule has 2 saturated heterocycles. The van der Waals surface area contributed by atoms with Gasteiger partial charge < -0.3 is 19.9 Å². The Balaban J connectivity index is 1.13. The number of hydrogen-bond acceptors (Lipinski definition) is 10. The van der Waals surface area contributed by atoms with Crippen LogP contribution < -0.4 is 10.6 Å². The number of alkyl halides is 3. The van der Waals surface area contributed by atoms with Gasteiger partial charge in [-0.2, -0.15) is 18.4 Å². The maximum Gasteiger partial charge on any atom is 0.393 e. The van der Waals surface area contributed by atoms with E-state index in [2.05, 4.69) is 60.1 Å². The Labute approximate surface area is 275 Å². The molecule has 250 valence electrons. The monoisotopic (exact) mass is 668 g/mol. The number of likely N-dealkylation sites (tertiary alicyclic amines) is 1. The lowest BCUT2D eigenvalue weighted by Crippen LogP contribution is -2.44. The predicted octanol–water partition coefficient (Wildman–Crippen LogP) is 5.09. The van der Waals surface area contributed by atoms with E-state index in [1.165, 1.54) is 17.5 Å². The number of carbonyl (C=O) groups is 1. The summed E-state index contributed by atoms with van der Waals surface area (Å²) in [5.74, 6) is -0.438. The summed E-state index contributed by atoms with van der Waals surface area (Å²) in [5.41, 5.74) is 4.07. The van der Waals surface area contributed by atoms with E-state index in [0.29, 0.717) is 16.3 Å². The number of aromatic nitrogens is 3. The number of nitriles is 1. The topological polar surface area (TPSA) is 111 Å². The summed E-state index contributed by atoms with van der Waals surface area (Å²) in [5, 5.41) is 18.1. The number of benzene rings is 1. The minimum Gasteiger partial charge on any atom is -0.462 e. The second-order valence-electron chi connectivity index (χ2n) is 12.2. The van der Waals surface area contributed by atoms with E-state index in [1.54, 1.807) is 6.92 Å². The van der Waals surface area contributed by atoms with Gasteiger partial charge in [0.1, 0.15) is 28.7 Å². The molecule has 0 atom stereocenters. The number of halogens is 3. The summed E-state index contributed by atoms with van der Waals surface area (Å²) in [7, 11) is 0. The zero-order chi connectivity index (χ0) is 33.1. The van der Waals surface area contributed by atoms with E-state index in [4.69, 9.17) is 4.74 Å². The number of anilines is 1. The molecule has 47 heavy (non-hydrogen) atoms. The first-order valence-corrected chi connectivity index (χ1v) is 16.9. The Bertz CT molecular complexity index is 1780. The average molecular weight is 669 g/mol. The normalized spacial score (nSPS) is 16.9. The molecule has 6 rings (SSSR count). The van der Waals surface area contributed by atoms with E-state index in [-0.39, 0.29) is 28.5 Å². The highest BCUT2D eigenvalue weighted by molar-refractivity contribution is 7.19. The maximum atomic E-state index is 13.4. The molecule has 2 aliphatic rings. The van der Waals surface area contributed by atoms with Crippen molar-refractivity contribution in [2.75, 3.05) is 57.7 Å². The number of aryl methyl sites for hydroxylation is 1. The summed E-state index contributed by atoms with van der Waals surface area (Å²) in [4.78, 5) is 26.4. The van der Waals surface area contributed by atoms with Gasteiger partial charge in [0.2, 0.25) is 0 Å². The van der Waals surface area contributed by atoms with E-state index >= 15 is 0 Å². The van der Waals surface area contributed by atoms with Gasteiger partial charge in [0.25, 0.3) is 0 Å². The maximum absolute atomic E-state index is 13.4. The minimum absolute atomic E-state index is 0.0249. The molecule has 14 heteroatoms. The quantitative estimate of drug-likeness (QED) is 0.223. The molecule has 2 fully saturated rings. The summed E-state index contributed by atoms with van der Waals surface area (Å²) < 4.78 is 47.4. The first-order valence-electron chi connectivity index (χ1n) is 16.1. The van der Waals surface area contributed by atoms with Crippen LogP contribution in [0.15, 0.2) is 24.5 Å². The van der Waals surface area contributed by atoms with Crippen molar-refractivity contribution in [2.24, 2.45) is 0 Å². The van der Waals surface area contributed by atoms with E-state index < -0.39 is 18.6 Å². The van der Waals surface area contributed by atoms with Crippen molar-refractivity contribution in [1.29, 1.82) is 5.26 Å². The molecule has 3 aromatic heterocycles. The Morgan fingerprint density at radius 3 is 2.62 bits per heavy atom. The Morgan fingerprint density at radius 1 is 1.15 bits per heavy atom.